The number of hydrogen-bond donors (Lipinski definition) is 1. The number of ether oxygens (including phenoxy) is 1. The van der Waals surface area contributed by atoms with Crippen molar-refractivity contribution in [2.45, 2.75) is 0 Å². The summed E-state index contributed by atoms with van der Waals surface area (Å²) in [6.07, 6.45) is 0. The fourth-order valence-corrected chi connectivity index (χ4v) is 3.05. The Balaban J connectivity index is 1.70. The molecule has 0 aliphatic heterocycles. The quantitative estimate of drug-likeness (QED) is 0.378. The molecule has 0 spiro atoms. The predicted molar refractivity (Wildman–Crippen MR) is 117 cm³/mol. The fraction of sp³-hybridized carbons (Fsp3) is 0.0455. The Bertz CT molecular complexity index is 1120. The third-order valence-corrected chi connectivity index (χ3v) is 5.00. The average Bonchev–Trinajstić information content (AvgIpc) is 2.75. The molecule has 0 aliphatic rings. The Morgan fingerprint density at radius 2 is 1.53 bits per heavy atom. The van der Waals surface area contributed by atoms with E-state index in [0.717, 1.165) is 0 Å². The lowest BCUT2D eigenvalue weighted by molar-refractivity contribution is -0.119. The zero-order chi connectivity index (χ0) is 21.7. The zero-order valence-corrected chi connectivity index (χ0v) is 17.6. The number of ketones is 1. The Kier molecular flexibility index (Phi) is 7.11. The maximum absolute atomic E-state index is 12.8. The molecule has 0 fully saturated rings. The van der Waals surface area contributed by atoms with Crippen LogP contribution in [0, 0.1) is 0 Å². The molecule has 0 saturated carbocycles. The second kappa shape index (κ2) is 9.76. The summed E-state index contributed by atoms with van der Waals surface area (Å²) in [6.45, 7) is -0.555. The first-order chi connectivity index (χ1) is 14.3. The van der Waals surface area contributed by atoms with E-state index in [-0.39, 0.29) is 27.6 Å². The molecule has 0 aromatic heterocycles. The predicted octanol–water partition coefficient (Wildman–Crippen LogP) is 5.67. The Morgan fingerprint density at radius 3 is 2.23 bits per heavy atom. The van der Waals surface area contributed by atoms with E-state index in [0.29, 0.717) is 15.6 Å². The number of anilines is 1. The van der Waals surface area contributed by atoms with E-state index in [1.807, 2.05) is 0 Å². The van der Waals surface area contributed by atoms with E-state index in [1.165, 1.54) is 30.3 Å². The van der Waals surface area contributed by atoms with Crippen LogP contribution >= 0.6 is 34.8 Å². The van der Waals surface area contributed by atoms with Crippen molar-refractivity contribution >= 4 is 58.1 Å². The molecule has 0 atom stereocenters. The number of hydrogen-bond acceptors (Lipinski definition) is 4. The van der Waals surface area contributed by atoms with Crippen molar-refractivity contribution in [1.29, 1.82) is 0 Å². The van der Waals surface area contributed by atoms with Gasteiger partial charge in [-0.3, -0.25) is 9.59 Å². The highest BCUT2D eigenvalue weighted by molar-refractivity contribution is 6.42. The minimum Gasteiger partial charge on any atom is -0.452 e. The van der Waals surface area contributed by atoms with Crippen LogP contribution in [-0.4, -0.2) is 24.3 Å². The van der Waals surface area contributed by atoms with Gasteiger partial charge in [0.1, 0.15) is 0 Å². The van der Waals surface area contributed by atoms with Gasteiger partial charge in [-0.05, 0) is 36.4 Å². The van der Waals surface area contributed by atoms with Crippen LogP contribution in [0.15, 0.2) is 66.7 Å². The third kappa shape index (κ3) is 5.39. The van der Waals surface area contributed by atoms with Crippen molar-refractivity contribution in [3.63, 3.8) is 0 Å². The number of esters is 1. The molecule has 1 N–H and O–H groups in total. The van der Waals surface area contributed by atoms with Gasteiger partial charge < -0.3 is 10.1 Å². The van der Waals surface area contributed by atoms with Crippen LogP contribution in [0.3, 0.4) is 0 Å². The van der Waals surface area contributed by atoms with E-state index < -0.39 is 18.5 Å². The van der Waals surface area contributed by atoms with Crippen molar-refractivity contribution in [3.05, 3.63) is 98.5 Å². The molecular weight excluding hydrogens is 449 g/mol. The molecule has 0 aliphatic carbocycles. The highest BCUT2D eigenvalue weighted by Gasteiger charge is 2.17. The minimum atomic E-state index is -0.736. The van der Waals surface area contributed by atoms with Crippen molar-refractivity contribution < 1.29 is 19.1 Å². The molecule has 0 saturated heterocycles. The summed E-state index contributed by atoms with van der Waals surface area (Å²) in [5.74, 6) is -1.66. The summed E-state index contributed by atoms with van der Waals surface area (Å²) >= 11 is 17.7. The summed E-state index contributed by atoms with van der Waals surface area (Å²) < 4.78 is 5.00. The van der Waals surface area contributed by atoms with Crippen LogP contribution in [0.25, 0.3) is 0 Å². The second-order valence-corrected chi connectivity index (χ2v) is 7.39. The number of carbonyl (C=O) groups excluding carboxylic acids is 3. The molecule has 0 heterocycles. The van der Waals surface area contributed by atoms with Crippen LogP contribution in [0.2, 0.25) is 15.1 Å². The molecule has 0 bridgehead atoms. The van der Waals surface area contributed by atoms with Crippen molar-refractivity contribution in [2.24, 2.45) is 0 Å². The Morgan fingerprint density at radius 1 is 0.800 bits per heavy atom. The SMILES string of the molecule is O=C(COC(=O)c1ccc(Cl)c(Cl)c1)Nc1ccc(Cl)cc1C(=O)c1ccccc1. The molecule has 3 aromatic rings. The molecule has 30 heavy (non-hydrogen) atoms. The van der Waals surface area contributed by atoms with E-state index in [9.17, 15) is 14.4 Å². The van der Waals surface area contributed by atoms with Gasteiger partial charge in [-0.2, -0.15) is 0 Å². The van der Waals surface area contributed by atoms with E-state index >= 15 is 0 Å². The van der Waals surface area contributed by atoms with Crippen molar-refractivity contribution in [1.82, 2.24) is 0 Å². The number of amides is 1. The van der Waals surface area contributed by atoms with Crippen LogP contribution in [-0.2, 0) is 9.53 Å². The van der Waals surface area contributed by atoms with Gasteiger partial charge in [0.25, 0.3) is 5.91 Å². The number of rotatable bonds is 6. The summed E-state index contributed by atoms with van der Waals surface area (Å²) in [6, 6.07) is 17.3. The van der Waals surface area contributed by atoms with Gasteiger partial charge in [0, 0.05) is 16.1 Å². The van der Waals surface area contributed by atoms with Gasteiger partial charge >= 0.3 is 5.97 Å². The van der Waals surface area contributed by atoms with Crippen LogP contribution in [0.1, 0.15) is 26.3 Å². The lowest BCUT2D eigenvalue weighted by Gasteiger charge is -2.12. The highest BCUT2D eigenvalue weighted by atomic mass is 35.5. The van der Waals surface area contributed by atoms with Gasteiger partial charge in [0.05, 0.1) is 21.3 Å². The standard InChI is InChI=1S/C22H14Cl3NO4/c23-15-7-9-19(16(11-15)21(28)13-4-2-1-3-5-13)26-20(27)12-30-22(29)14-6-8-17(24)18(25)10-14/h1-11H,12H2,(H,26,27). The lowest BCUT2D eigenvalue weighted by atomic mass is 10.0. The summed E-state index contributed by atoms with van der Waals surface area (Å²) in [4.78, 5) is 37.2. The smallest absolute Gasteiger partial charge is 0.338 e. The number of carbonyl (C=O) groups is 3. The summed E-state index contributed by atoms with van der Waals surface area (Å²) in [7, 11) is 0. The molecule has 0 unspecified atom stereocenters. The minimum absolute atomic E-state index is 0.156. The first kappa shape index (κ1) is 21.8. The molecule has 0 radical (unpaired) electrons. The van der Waals surface area contributed by atoms with Crippen LogP contribution < -0.4 is 5.32 Å². The monoisotopic (exact) mass is 461 g/mol. The summed E-state index contributed by atoms with van der Waals surface area (Å²) in [5.41, 5.74) is 1.08. The Labute approximate surface area is 187 Å². The van der Waals surface area contributed by atoms with E-state index in [2.05, 4.69) is 5.32 Å². The van der Waals surface area contributed by atoms with Crippen LogP contribution in [0.4, 0.5) is 5.69 Å². The van der Waals surface area contributed by atoms with Gasteiger partial charge in [-0.1, -0.05) is 65.1 Å². The highest BCUT2D eigenvalue weighted by Crippen LogP contribution is 2.24. The zero-order valence-electron chi connectivity index (χ0n) is 15.3. The molecule has 1 amide bonds. The second-order valence-electron chi connectivity index (χ2n) is 6.14. The van der Waals surface area contributed by atoms with E-state index in [1.54, 1.807) is 36.4 Å². The average molecular weight is 463 g/mol. The number of nitrogens with one attached hydrogen (secondary N) is 1. The maximum Gasteiger partial charge on any atom is 0.338 e. The molecule has 5 nitrogen and oxygen atoms in total. The van der Waals surface area contributed by atoms with Crippen molar-refractivity contribution in [2.75, 3.05) is 11.9 Å². The van der Waals surface area contributed by atoms with Crippen molar-refractivity contribution in [3.8, 4) is 0 Å². The topological polar surface area (TPSA) is 72.5 Å². The molecule has 152 valence electrons. The Hall–Kier alpha value is -2.86. The van der Waals surface area contributed by atoms with Gasteiger partial charge in [0.2, 0.25) is 0 Å². The number of benzene rings is 3. The summed E-state index contributed by atoms with van der Waals surface area (Å²) in [5, 5.41) is 3.41. The lowest BCUT2D eigenvalue weighted by Crippen LogP contribution is -2.22. The largest absolute Gasteiger partial charge is 0.452 e. The fourth-order valence-electron chi connectivity index (χ4n) is 2.58. The number of halogens is 3. The van der Waals surface area contributed by atoms with Gasteiger partial charge in [-0.15, -0.1) is 0 Å². The normalized spacial score (nSPS) is 10.4. The molecule has 3 aromatic carbocycles. The first-order valence-electron chi connectivity index (χ1n) is 8.66. The van der Waals surface area contributed by atoms with Gasteiger partial charge in [0.15, 0.2) is 12.4 Å². The van der Waals surface area contributed by atoms with E-state index in [4.69, 9.17) is 39.5 Å². The molecular formula is C22H14Cl3NO4. The van der Waals surface area contributed by atoms with Crippen LogP contribution in [0.5, 0.6) is 0 Å². The maximum atomic E-state index is 12.8. The third-order valence-electron chi connectivity index (χ3n) is 4.03. The first-order valence-corrected chi connectivity index (χ1v) is 9.80. The molecule has 3 rings (SSSR count). The van der Waals surface area contributed by atoms with Gasteiger partial charge in [-0.25, -0.2) is 4.79 Å². The molecule has 8 heteroatoms.